The monoisotopic (exact) mass is 229 g/mol. The summed E-state index contributed by atoms with van der Waals surface area (Å²) in [6.07, 6.45) is -4.41. The van der Waals surface area contributed by atoms with Crippen molar-refractivity contribution in [1.29, 1.82) is 0 Å². The lowest BCUT2D eigenvalue weighted by molar-refractivity contribution is -0.137. The molecule has 0 aliphatic rings. The van der Waals surface area contributed by atoms with E-state index in [9.17, 15) is 18.0 Å². The Kier molecular flexibility index (Phi) is 3.37. The van der Waals surface area contributed by atoms with Gasteiger partial charge in [0.25, 0.3) is 5.91 Å². The molecule has 0 radical (unpaired) electrons. The molecule has 1 aromatic rings. The summed E-state index contributed by atoms with van der Waals surface area (Å²) in [7, 11) is 0. The van der Waals surface area contributed by atoms with Crippen molar-refractivity contribution in [2.45, 2.75) is 13.1 Å². The second kappa shape index (κ2) is 4.38. The summed E-state index contributed by atoms with van der Waals surface area (Å²) in [5, 5.41) is 2.32. The molecule has 0 atom stereocenters. The van der Waals surface area contributed by atoms with E-state index in [4.69, 9.17) is 0 Å². The van der Waals surface area contributed by atoms with E-state index in [1.165, 1.54) is 19.1 Å². The molecule has 0 aliphatic carbocycles. The molecule has 0 unspecified atom stereocenters. The standard InChI is InChI=1S/C11H10F3NO/c1-7(2)10(16)15-9-5-3-4-8(6-9)11(12,13)14/h3-6H,1H2,2H3,(H,15,16). The smallest absolute Gasteiger partial charge is 0.322 e. The number of carbonyl (C=O) groups is 1. The number of hydrogen-bond donors (Lipinski definition) is 1. The highest BCUT2D eigenvalue weighted by Gasteiger charge is 2.30. The van der Waals surface area contributed by atoms with Crippen molar-refractivity contribution in [3.05, 3.63) is 42.0 Å². The van der Waals surface area contributed by atoms with E-state index in [0.29, 0.717) is 0 Å². The van der Waals surface area contributed by atoms with Crippen molar-refractivity contribution in [1.82, 2.24) is 0 Å². The fraction of sp³-hybridized carbons (Fsp3) is 0.182. The van der Waals surface area contributed by atoms with Gasteiger partial charge in [-0.05, 0) is 25.1 Å². The summed E-state index contributed by atoms with van der Waals surface area (Å²) < 4.78 is 37.0. The molecule has 0 spiro atoms. The van der Waals surface area contributed by atoms with E-state index in [1.807, 2.05) is 0 Å². The average Bonchev–Trinajstić information content (AvgIpc) is 2.16. The zero-order valence-corrected chi connectivity index (χ0v) is 8.56. The lowest BCUT2D eigenvalue weighted by atomic mass is 10.2. The van der Waals surface area contributed by atoms with Crippen molar-refractivity contribution in [3.8, 4) is 0 Å². The van der Waals surface area contributed by atoms with Crippen LogP contribution in [0.2, 0.25) is 0 Å². The third kappa shape index (κ3) is 3.12. The zero-order valence-electron chi connectivity index (χ0n) is 8.56. The predicted molar refractivity (Wildman–Crippen MR) is 54.9 cm³/mol. The Morgan fingerprint density at radius 2 is 2.00 bits per heavy atom. The van der Waals surface area contributed by atoms with Gasteiger partial charge in [-0.25, -0.2) is 0 Å². The van der Waals surface area contributed by atoms with Crippen molar-refractivity contribution < 1.29 is 18.0 Å². The number of halogens is 3. The fourth-order valence-electron chi connectivity index (χ4n) is 1.01. The Morgan fingerprint density at radius 1 is 1.38 bits per heavy atom. The van der Waals surface area contributed by atoms with E-state index in [0.717, 1.165) is 12.1 Å². The van der Waals surface area contributed by atoms with Gasteiger partial charge in [-0.2, -0.15) is 13.2 Å². The van der Waals surface area contributed by atoms with Crippen LogP contribution in [0.1, 0.15) is 12.5 Å². The summed E-state index contributed by atoms with van der Waals surface area (Å²) in [5.74, 6) is -0.501. The van der Waals surface area contributed by atoms with Crippen LogP contribution < -0.4 is 5.32 Å². The van der Waals surface area contributed by atoms with Gasteiger partial charge in [-0.15, -0.1) is 0 Å². The minimum Gasteiger partial charge on any atom is -0.322 e. The molecule has 1 N–H and O–H groups in total. The molecule has 0 aliphatic heterocycles. The first-order chi connectivity index (χ1) is 7.30. The molecule has 0 saturated heterocycles. The van der Waals surface area contributed by atoms with Crippen LogP contribution in [0, 0.1) is 0 Å². The summed E-state index contributed by atoms with van der Waals surface area (Å²) in [4.78, 5) is 11.2. The highest BCUT2D eigenvalue weighted by molar-refractivity contribution is 6.02. The third-order valence-electron chi connectivity index (χ3n) is 1.84. The Bertz CT molecular complexity index is 423. The Balaban J connectivity index is 2.92. The van der Waals surface area contributed by atoms with Gasteiger partial charge in [0, 0.05) is 11.3 Å². The lowest BCUT2D eigenvalue weighted by Crippen LogP contribution is -2.13. The highest BCUT2D eigenvalue weighted by Crippen LogP contribution is 2.30. The first kappa shape index (κ1) is 12.3. The summed E-state index contributed by atoms with van der Waals surface area (Å²) in [6, 6.07) is 4.43. The maximum Gasteiger partial charge on any atom is 0.416 e. The van der Waals surface area contributed by atoms with Gasteiger partial charge in [-0.1, -0.05) is 12.6 Å². The minimum absolute atomic E-state index is 0.0998. The Morgan fingerprint density at radius 3 is 2.50 bits per heavy atom. The SMILES string of the molecule is C=C(C)C(=O)Nc1cccc(C(F)(F)F)c1. The molecular weight excluding hydrogens is 219 g/mol. The minimum atomic E-state index is -4.41. The summed E-state index contributed by atoms with van der Waals surface area (Å²) in [5.41, 5.74) is -0.466. The second-order valence-corrected chi connectivity index (χ2v) is 3.31. The molecule has 0 fully saturated rings. The maximum absolute atomic E-state index is 12.3. The van der Waals surface area contributed by atoms with Crippen LogP contribution in [0.25, 0.3) is 0 Å². The van der Waals surface area contributed by atoms with E-state index >= 15 is 0 Å². The molecular formula is C11H10F3NO. The molecule has 0 heterocycles. The first-order valence-electron chi connectivity index (χ1n) is 4.45. The van der Waals surface area contributed by atoms with E-state index in [2.05, 4.69) is 11.9 Å². The van der Waals surface area contributed by atoms with Crippen molar-refractivity contribution >= 4 is 11.6 Å². The third-order valence-corrected chi connectivity index (χ3v) is 1.84. The van der Waals surface area contributed by atoms with Gasteiger partial charge in [0.05, 0.1) is 5.56 Å². The van der Waals surface area contributed by atoms with E-state index in [1.54, 1.807) is 0 Å². The number of rotatable bonds is 2. The molecule has 5 heteroatoms. The van der Waals surface area contributed by atoms with Gasteiger partial charge in [0.1, 0.15) is 0 Å². The highest BCUT2D eigenvalue weighted by atomic mass is 19.4. The van der Waals surface area contributed by atoms with Crippen LogP contribution in [0.4, 0.5) is 18.9 Å². The number of hydrogen-bond acceptors (Lipinski definition) is 1. The van der Waals surface area contributed by atoms with E-state index < -0.39 is 17.6 Å². The van der Waals surface area contributed by atoms with Gasteiger partial charge in [0.15, 0.2) is 0 Å². The molecule has 0 aromatic heterocycles. The van der Waals surface area contributed by atoms with Gasteiger partial charge < -0.3 is 5.32 Å². The predicted octanol–water partition coefficient (Wildman–Crippen LogP) is 3.22. The van der Waals surface area contributed by atoms with Crippen LogP contribution in [-0.2, 0) is 11.0 Å². The number of benzene rings is 1. The summed E-state index contributed by atoms with van der Waals surface area (Å²) >= 11 is 0. The average molecular weight is 229 g/mol. The zero-order chi connectivity index (χ0) is 12.3. The Labute approximate surface area is 90.8 Å². The van der Waals surface area contributed by atoms with Crippen LogP contribution in [-0.4, -0.2) is 5.91 Å². The molecule has 0 bridgehead atoms. The van der Waals surface area contributed by atoms with Gasteiger partial charge in [-0.3, -0.25) is 4.79 Å². The summed E-state index contributed by atoms with van der Waals surface area (Å²) in [6.45, 7) is 4.86. The molecule has 1 rings (SSSR count). The molecule has 2 nitrogen and oxygen atoms in total. The van der Waals surface area contributed by atoms with Crippen LogP contribution in [0.3, 0.4) is 0 Å². The van der Waals surface area contributed by atoms with Crippen molar-refractivity contribution in [2.24, 2.45) is 0 Å². The van der Waals surface area contributed by atoms with Gasteiger partial charge in [0.2, 0.25) is 0 Å². The molecule has 86 valence electrons. The van der Waals surface area contributed by atoms with Crippen LogP contribution >= 0.6 is 0 Å². The molecule has 0 saturated carbocycles. The van der Waals surface area contributed by atoms with Crippen molar-refractivity contribution in [2.75, 3.05) is 5.32 Å². The number of alkyl halides is 3. The first-order valence-corrected chi connectivity index (χ1v) is 4.45. The number of nitrogens with one attached hydrogen (secondary N) is 1. The second-order valence-electron chi connectivity index (χ2n) is 3.31. The van der Waals surface area contributed by atoms with Crippen molar-refractivity contribution in [3.63, 3.8) is 0 Å². The fourth-order valence-corrected chi connectivity index (χ4v) is 1.01. The van der Waals surface area contributed by atoms with Crippen LogP contribution in [0.5, 0.6) is 0 Å². The number of anilines is 1. The number of carbonyl (C=O) groups excluding carboxylic acids is 1. The molecule has 1 aromatic carbocycles. The molecule has 1 amide bonds. The largest absolute Gasteiger partial charge is 0.416 e. The maximum atomic E-state index is 12.3. The number of amides is 1. The van der Waals surface area contributed by atoms with E-state index in [-0.39, 0.29) is 11.3 Å². The van der Waals surface area contributed by atoms with Gasteiger partial charge >= 0.3 is 6.18 Å². The Hall–Kier alpha value is -1.78. The van der Waals surface area contributed by atoms with Crippen LogP contribution in [0.15, 0.2) is 36.4 Å². The lowest BCUT2D eigenvalue weighted by Gasteiger charge is -2.09. The quantitative estimate of drug-likeness (QED) is 0.775. The topological polar surface area (TPSA) is 29.1 Å². The normalized spacial score (nSPS) is 11.0. The molecule has 16 heavy (non-hydrogen) atoms.